The highest BCUT2D eigenvalue weighted by Gasteiger charge is 2.01. The van der Waals surface area contributed by atoms with Crippen molar-refractivity contribution in [1.29, 1.82) is 0 Å². The smallest absolute Gasteiger partial charge is 0.103 e. The Bertz CT molecular complexity index is 301. The number of aromatic nitrogens is 1. The summed E-state index contributed by atoms with van der Waals surface area (Å²) in [5.41, 5.74) is 7.90. The van der Waals surface area contributed by atoms with E-state index in [1.54, 1.807) is 0 Å². The van der Waals surface area contributed by atoms with Crippen molar-refractivity contribution in [1.82, 2.24) is 4.98 Å². The molecule has 1 aromatic rings. The van der Waals surface area contributed by atoms with Crippen LogP contribution in [0.15, 0.2) is 12.1 Å². The lowest BCUT2D eigenvalue weighted by atomic mass is 10.1. The highest BCUT2D eigenvalue weighted by molar-refractivity contribution is 7.71. The molecule has 0 aliphatic heterocycles. The van der Waals surface area contributed by atoms with Crippen LogP contribution in [0.3, 0.4) is 0 Å². The fraction of sp³-hybridized carbons (Fsp3) is 0.375. The molecule has 3 heteroatoms. The second kappa shape index (κ2) is 3.15. The molecule has 1 aromatic heterocycles. The van der Waals surface area contributed by atoms with Crippen molar-refractivity contribution >= 4 is 12.2 Å². The first-order chi connectivity index (χ1) is 5.11. The van der Waals surface area contributed by atoms with E-state index in [0.717, 1.165) is 15.9 Å². The zero-order valence-corrected chi connectivity index (χ0v) is 7.53. The molecule has 1 atom stereocenters. The predicted molar refractivity (Wildman–Crippen MR) is 49.0 cm³/mol. The molecule has 0 bridgehead atoms. The van der Waals surface area contributed by atoms with Crippen molar-refractivity contribution in [3.63, 3.8) is 0 Å². The van der Waals surface area contributed by atoms with Crippen molar-refractivity contribution in [3.05, 3.63) is 28.0 Å². The molecule has 0 aliphatic carbocycles. The summed E-state index contributed by atoms with van der Waals surface area (Å²) in [5, 5.41) is 0. The Morgan fingerprint density at radius 3 is 2.64 bits per heavy atom. The molecule has 60 valence electrons. The van der Waals surface area contributed by atoms with Crippen molar-refractivity contribution < 1.29 is 0 Å². The first-order valence-electron chi connectivity index (χ1n) is 3.56. The van der Waals surface area contributed by atoms with Crippen LogP contribution in [0.2, 0.25) is 0 Å². The third kappa shape index (κ3) is 1.88. The molecule has 0 saturated heterocycles. The predicted octanol–water partition coefficient (Wildman–Crippen LogP) is 2.07. The van der Waals surface area contributed by atoms with Gasteiger partial charge in [-0.2, -0.15) is 0 Å². The van der Waals surface area contributed by atoms with Gasteiger partial charge in [-0.15, -0.1) is 0 Å². The molecule has 0 aliphatic rings. The highest BCUT2D eigenvalue weighted by atomic mass is 32.1. The lowest BCUT2D eigenvalue weighted by Gasteiger charge is -2.08. The molecular formula is C8H12N2S. The number of aryl methyl sites for hydroxylation is 1. The molecule has 0 aromatic carbocycles. The second-order valence-corrected chi connectivity index (χ2v) is 3.13. The molecule has 0 saturated carbocycles. The molecule has 1 unspecified atom stereocenters. The zero-order valence-electron chi connectivity index (χ0n) is 6.72. The topological polar surface area (TPSA) is 41.8 Å². The van der Waals surface area contributed by atoms with Crippen LogP contribution in [0.4, 0.5) is 0 Å². The number of pyridine rings is 1. The molecule has 0 radical (unpaired) electrons. The summed E-state index contributed by atoms with van der Waals surface area (Å²) < 4.78 is 0.756. The van der Waals surface area contributed by atoms with E-state index in [1.165, 1.54) is 0 Å². The minimum atomic E-state index is 0.0712. The van der Waals surface area contributed by atoms with Crippen LogP contribution in [0.1, 0.15) is 24.2 Å². The third-order valence-electron chi connectivity index (χ3n) is 1.65. The van der Waals surface area contributed by atoms with Crippen molar-refractivity contribution in [3.8, 4) is 0 Å². The van der Waals surface area contributed by atoms with Crippen LogP contribution in [0.5, 0.6) is 0 Å². The molecule has 0 amide bonds. The van der Waals surface area contributed by atoms with Crippen LogP contribution in [-0.4, -0.2) is 4.98 Å². The monoisotopic (exact) mass is 168 g/mol. The quantitative estimate of drug-likeness (QED) is 0.630. The van der Waals surface area contributed by atoms with Crippen LogP contribution in [-0.2, 0) is 0 Å². The summed E-state index contributed by atoms with van der Waals surface area (Å²) in [6, 6.07) is 3.90. The maximum Gasteiger partial charge on any atom is 0.103 e. The van der Waals surface area contributed by atoms with Gasteiger partial charge in [0.1, 0.15) is 4.64 Å². The maximum absolute atomic E-state index is 5.71. The van der Waals surface area contributed by atoms with E-state index >= 15 is 0 Å². The van der Waals surface area contributed by atoms with Crippen LogP contribution < -0.4 is 5.73 Å². The summed E-state index contributed by atoms with van der Waals surface area (Å²) in [7, 11) is 0. The van der Waals surface area contributed by atoms with E-state index in [9.17, 15) is 0 Å². The second-order valence-electron chi connectivity index (χ2n) is 2.69. The zero-order chi connectivity index (χ0) is 8.43. The minimum Gasteiger partial charge on any atom is -0.350 e. The average molecular weight is 168 g/mol. The minimum absolute atomic E-state index is 0.0712. The average Bonchev–Trinajstić information content (AvgIpc) is 1.85. The van der Waals surface area contributed by atoms with Gasteiger partial charge in [-0.25, -0.2) is 0 Å². The highest BCUT2D eigenvalue weighted by Crippen LogP contribution is 2.11. The molecule has 11 heavy (non-hydrogen) atoms. The normalized spacial score (nSPS) is 13.0. The molecule has 0 spiro atoms. The Morgan fingerprint density at radius 2 is 2.18 bits per heavy atom. The molecule has 0 fully saturated rings. The van der Waals surface area contributed by atoms with E-state index in [0.29, 0.717) is 0 Å². The van der Waals surface area contributed by atoms with Gasteiger partial charge in [0.15, 0.2) is 0 Å². The molecule has 2 nitrogen and oxygen atoms in total. The van der Waals surface area contributed by atoms with Gasteiger partial charge < -0.3 is 10.7 Å². The van der Waals surface area contributed by atoms with E-state index in [-0.39, 0.29) is 6.04 Å². The van der Waals surface area contributed by atoms with E-state index in [2.05, 4.69) is 4.98 Å². The Labute approximate surface area is 71.4 Å². The van der Waals surface area contributed by atoms with E-state index in [1.807, 2.05) is 26.0 Å². The number of hydrogen-bond donors (Lipinski definition) is 2. The number of hydrogen-bond acceptors (Lipinski definition) is 2. The Kier molecular flexibility index (Phi) is 2.42. The van der Waals surface area contributed by atoms with Gasteiger partial charge >= 0.3 is 0 Å². The Balaban J connectivity index is 3.20. The van der Waals surface area contributed by atoms with Crippen molar-refractivity contribution in [2.75, 3.05) is 0 Å². The molecular weight excluding hydrogens is 156 g/mol. The summed E-state index contributed by atoms with van der Waals surface area (Å²) in [5.74, 6) is 0. The number of aromatic amines is 1. The summed E-state index contributed by atoms with van der Waals surface area (Å²) in [4.78, 5) is 3.05. The van der Waals surface area contributed by atoms with Gasteiger partial charge in [0, 0.05) is 11.7 Å². The lowest BCUT2D eigenvalue weighted by Crippen LogP contribution is -2.07. The van der Waals surface area contributed by atoms with Gasteiger partial charge in [0.05, 0.1) is 0 Å². The Morgan fingerprint density at radius 1 is 1.55 bits per heavy atom. The van der Waals surface area contributed by atoms with Crippen LogP contribution in [0.25, 0.3) is 0 Å². The third-order valence-corrected chi connectivity index (χ3v) is 1.89. The lowest BCUT2D eigenvalue weighted by molar-refractivity contribution is 0.798. The van der Waals surface area contributed by atoms with Crippen LogP contribution >= 0.6 is 12.2 Å². The van der Waals surface area contributed by atoms with Gasteiger partial charge in [0.25, 0.3) is 0 Å². The number of nitrogens with one attached hydrogen (secondary N) is 1. The summed E-state index contributed by atoms with van der Waals surface area (Å²) >= 11 is 4.95. The molecule has 3 N–H and O–H groups in total. The fourth-order valence-electron chi connectivity index (χ4n) is 1.08. The first kappa shape index (κ1) is 8.43. The van der Waals surface area contributed by atoms with Crippen molar-refractivity contribution in [2.45, 2.75) is 19.9 Å². The van der Waals surface area contributed by atoms with E-state index < -0.39 is 0 Å². The van der Waals surface area contributed by atoms with Gasteiger partial charge in [0.2, 0.25) is 0 Å². The maximum atomic E-state index is 5.71. The summed E-state index contributed by atoms with van der Waals surface area (Å²) in [6.45, 7) is 3.94. The van der Waals surface area contributed by atoms with Crippen LogP contribution in [0, 0.1) is 11.6 Å². The van der Waals surface area contributed by atoms with Gasteiger partial charge in [-0.3, -0.25) is 0 Å². The standard InChI is InChI=1S/C8H12N2S/c1-5(9)7-3-4-8(11)10-6(7)2/h3-5H,9H2,1-2H3,(H,10,11). The number of H-pyrrole nitrogens is 1. The summed E-state index contributed by atoms with van der Waals surface area (Å²) in [6.07, 6.45) is 0. The molecule has 1 heterocycles. The van der Waals surface area contributed by atoms with Gasteiger partial charge in [-0.05, 0) is 25.5 Å². The van der Waals surface area contributed by atoms with Gasteiger partial charge in [-0.1, -0.05) is 18.3 Å². The van der Waals surface area contributed by atoms with Crippen molar-refractivity contribution in [2.24, 2.45) is 5.73 Å². The largest absolute Gasteiger partial charge is 0.350 e. The number of nitrogens with two attached hydrogens (primary N) is 1. The number of rotatable bonds is 1. The first-order valence-corrected chi connectivity index (χ1v) is 3.97. The Hall–Kier alpha value is -0.670. The van der Waals surface area contributed by atoms with E-state index in [4.69, 9.17) is 18.0 Å². The fourth-order valence-corrected chi connectivity index (χ4v) is 1.30. The molecule has 1 rings (SSSR count). The SMILES string of the molecule is Cc1[nH]c(=S)ccc1C(C)N.